The van der Waals surface area contributed by atoms with Gasteiger partial charge in [0.05, 0.1) is 0 Å². The molecule has 2 atom stereocenters. The topological polar surface area (TPSA) is 46.3 Å². The Morgan fingerprint density at radius 3 is 2.83 bits per heavy atom. The monoisotopic (exact) mass is 332 g/mol. The first kappa shape index (κ1) is 15.5. The molecule has 0 aliphatic carbocycles. The molecule has 1 amide bonds. The van der Waals surface area contributed by atoms with Crippen molar-refractivity contribution >= 4 is 34.2 Å². The van der Waals surface area contributed by atoms with Crippen LogP contribution in [-0.2, 0) is 0 Å². The van der Waals surface area contributed by atoms with Gasteiger partial charge in [0.15, 0.2) is 0 Å². The molecule has 1 fully saturated rings. The molecule has 5 heteroatoms. The molecule has 1 aliphatic rings. The fourth-order valence-corrected chi connectivity index (χ4v) is 2.55. The number of amides is 1. The summed E-state index contributed by atoms with van der Waals surface area (Å²) < 4.78 is 0.935. The van der Waals surface area contributed by atoms with Crippen LogP contribution in [0.1, 0.15) is 23.7 Å². The third-order valence-corrected chi connectivity index (χ3v) is 3.82. The minimum absolute atomic E-state index is 0. The number of hydrogen-bond donors (Lipinski definition) is 1. The van der Waals surface area contributed by atoms with E-state index in [9.17, 15) is 4.79 Å². The predicted molar refractivity (Wildman–Crippen MR) is 79.0 cm³/mol. The third kappa shape index (κ3) is 3.46. The quantitative estimate of drug-likeness (QED) is 0.859. The highest BCUT2D eigenvalue weighted by atomic mass is 79.9. The lowest BCUT2D eigenvalue weighted by molar-refractivity contribution is 0.0664. The summed E-state index contributed by atoms with van der Waals surface area (Å²) in [5.41, 5.74) is 6.70. The van der Waals surface area contributed by atoms with Crippen molar-refractivity contribution in [2.24, 2.45) is 11.7 Å². The van der Waals surface area contributed by atoms with E-state index >= 15 is 0 Å². The Hall–Kier alpha value is -0.580. The molecule has 3 nitrogen and oxygen atoms in total. The van der Waals surface area contributed by atoms with Crippen molar-refractivity contribution < 1.29 is 4.79 Å². The number of rotatable bonds is 1. The van der Waals surface area contributed by atoms with Gasteiger partial charge in [-0.05, 0) is 30.5 Å². The summed E-state index contributed by atoms with van der Waals surface area (Å²) in [6.45, 7) is 3.62. The molecule has 0 radical (unpaired) electrons. The first-order valence-electron chi connectivity index (χ1n) is 5.88. The zero-order valence-electron chi connectivity index (χ0n) is 10.3. The summed E-state index contributed by atoms with van der Waals surface area (Å²) in [7, 11) is 0. The van der Waals surface area contributed by atoms with Crippen LogP contribution in [0.25, 0.3) is 0 Å². The highest BCUT2D eigenvalue weighted by Crippen LogP contribution is 2.19. The number of nitrogens with zero attached hydrogens (tertiary/aromatic N) is 1. The summed E-state index contributed by atoms with van der Waals surface area (Å²) in [5, 5.41) is 0. The number of benzene rings is 1. The van der Waals surface area contributed by atoms with Gasteiger partial charge >= 0.3 is 0 Å². The van der Waals surface area contributed by atoms with Crippen molar-refractivity contribution in [3.63, 3.8) is 0 Å². The highest BCUT2D eigenvalue weighted by molar-refractivity contribution is 9.10. The Bertz CT molecular complexity index is 427. The van der Waals surface area contributed by atoms with Crippen LogP contribution in [0.15, 0.2) is 28.7 Å². The maximum Gasteiger partial charge on any atom is 0.253 e. The molecule has 18 heavy (non-hydrogen) atoms. The SMILES string of the molecule is CC1CN(C(=O)c2cccc(Br)c2)CCC1N.Cl. The summed E-state index contributed by atoms with van der Waals surface area (Å²) in [6, 6.07) is 7.75. The summed E-state index contributed by atoms with van der Waals surface area (Å²) in [4.78, 5) is 14.2. The van der Waals surface area contributed by atoms with Gasteiger partial charge in [-0.25, -0.2) is 0 Å². The molecule has 2 N–H and O–H groups in total. The van der Waals surface area contributed by atoms with E-state index in [0.29, 0.717) is 5.92 Å². The van der Waals surface area contributed by atoms with Crippen molar-refractivity contribution in [2.75, 3.05) is 13.1 Å². The van der Waals surface area contributed by atoms with Gasteiger partial charge in [-0.1, -0.05) is 28.9 Å². The van der Waals surface area contributed by atoms with E-state index in [4.69, 9.17) is 5.73 Å². The smallest absolute Gasteiger partial charge is 0.253 e. The number of piperidine rings is 1. The van der Waals surface area contributed by atoms with Crippen LogP contribution >= 0.6 is 28.3 Å². The van der Waals surface area contributed by atoms with E-state index in [1.54, 1.807) is 0 Å². The number of carbonyl (C=O) groups is 1. The van der Waals surface area contributed by atoms with Crippen LogP contribution in [-0.4, -0.2) is 29.9 Å². The zero-order valence-corrected chi connectivity index (χ0v) is 12.7. The van der Waals surface area contributed by atoms with Gasteiger partial charge in [-0.15, -0.1) is 12.4 Å². The molecular weight excluding hydrogens is 316 g/mol. The molecule has 1 aromatic carbocycles. The van der Waals surface area contributed by atoms with Crippen LogP contribution in [0, 0.1) is 5.92 Å². The molecule has 0 saturated carbocycles. The molecule has 1 heterocycles. The zero-order chi connectivity index (χ0) is 12.4. The summed E-state index contributed by atoms with van der Waals surface area (Å²) in [6.07, 6.45) is 0.890. The van der Waals surface area contributed by atoms with Crippen molar-refractivity contribution in [3.05, 3.63) is 34.3 Å². The van der Waals surface area contributed by atoms with Gasteiger partial charge in [0.25, 0.3) is 5.91 Å². The van der Waals surface area contributed by atoms with Crippen LogP contribution in [0.3, 0.4) is 0 Å². The lowest BCUT2D eigenvalue weighted by Gasteiger charge is -2.35. The third-order valence-electron chi connectivity index (χ3n) is 3.33. The Kier molecular flexibility index (Phi) is 5.63. The minimum Gasteiger partial charge on any atom is -0.338 e. The van der Waals surface area contributed by atoms with Gasteiger partial charge in [0.1, 0.15) is 0 Å². The first-order chi connectivity index (χ1) is 8.08. The number of hydrogen-bond acceptors (Lipinski definition) is 2. The maximum atomic E-state index is 12.3. The Morgan fingerprint density at radius 1 is 1.50 bits per heavy atom. The molecule has 1 aromatic rings. The lowest BCUT2D eigenvalue weighted by Crippen LogP contribution is -2.48. The van der Waals surface area contributed by atoms with E-state index in [1.807, 2.05) is 29.2 Å². The number of likely N-dealkylation sites (tertiary alicyclic amines) is 1. The molecular formula is C13H18BrClN2O. The average Bonchev–Trinajstić information content (AvgIpc) is 2.32. The molecule has 100 valence electrons. The van der Waals surface area contributed by atoms with Crippen LogP contribution in [0.2, 0.25) is 0 Å². The van der Waals surface area contributed by atoms with E-state index < -0.39 is 0 Å². The predicted octanol–water partition coefficient (Wildman–Crippen LogP) is 2.68. The summed E-state index contributed by atoms with van der Waals surface area (Å²) in [5.74, 6) is 0.477. The second kappa shape index (κ2) is 6.55. The van der Waals surface area contributed by atoms with Crippen LogP contribution in [0.5, 0.6) is 0 Å². The van der Waals surface area contributed by atoms with Gasteiger partial charge in [0.2, 0.25) is 0 Å². The van der Waals surface area contributed by atoms with E-state index in [-0.39, 0.29) is 24.4 Å². The van der Waals surface area contributed by atoms with Crippen LogP contribution in [0.4, 0.5) is 0 Å². The van der Waals surface area contributed by atoms with Gasteiger partial charge < -0.3 is 10.6 Å². The number of nitrogens with two attached hydrogens (primary N) is 1. The van der Waals surface area contributed by atoms with Crippen molar-refractivity contribution in [1.29, 1.82) is 0 Å². The molecule has 1 saturated heterocycles. The Labute approximate surface area is 122 Å². The first-order valence-corrected chi connectivity index (χ1v) is 6.67. The van der Waals surface area contributed by atoms with Gasteiger partial charge in [-0.3, -0.25) is 4.79 Å². The average molecular weight is 334 g/mol. The van der Waals surface area contributed by atoms with E-state index in [0.717, 1.165) is 29.5 Å². The normalized spacial score (nSPS) is 23.4. The Balaban J connectivity index is 0.00000162. The largest absolute Gasteiger partial charge is 0.338 e. The molecule has 2 rings (SSSR count). The maximum absolute atomic E-state index is 12.3. The Morgan fingerprint density at radius 2 is 2.22 bits per heavy atom. The second-order valence-electron chi connectivity index (χ2n) is 4.69. The standard InChI is InChI=1S/C13H17BrN2O.ClH/c1-9-8-16(6-5-12(9)15)13(17)10-3-2-4-11(14)7-10;/h2-4,7,9,12H,5-6,8,15H2,1H3;1H. The highest BCUT2D eigenvalue weighted by Gasteiger charge is 2.26. The van der Waals surface area contributed by atoms with Gasteiger partial charge in [0, 0.05) is 29.2 Å². The van der Waals surface area contributed by atoms with Crippen molar-refractivity contribution in [3.8, 4) is 0 Å². The fourth-order valence-electron chi connectivity index (χ4n) is 2.15. The number of halogens is 2. The number of carbonyl (C=O) groups excluding carboxylic acids is 1. The van der Waals surface area contributed by atoms with Crippen molar-refractivity contribution in [2.45, 2.75) is 19.4 Å². The molecule has 0 bridgehead atoms. The molecule has 0 spiro atoms. The summed E-state index contributed by atoms with van der Waals surface area (Å²) >= 11 is 3.39. The van der Waals surface area contributed by atoms with Crippen molar-refractivity contribution in [1.82, 2.24) is 4.90 Å². The van der Waals surface area contributed by atoms with E-state index in [1.165, 1.54) is 0 Å². The molecule has 0 aromatic heterocycles. The molecule has 1 aliphatic heterocycles. The van der Waals surface area contributed by atoms with Crippen LogP contribution < -0.4 is 5.73 Å². The molecule has 2 unspecified atom stereocenters. The van der Waals surface area contributed by atoms with E-state index in [2.05, 4.69) is 22.9 Å². The fraction of sp³-hybridized carbons (Fsp3) is 0.462. The lowest BCUT2D eigenvalue weighted by atomic mass is 9.94. The van der Waals surface area contributed by atoms with Gasteiger partial charge in [-0.2, -0.15) is 0 Å². The minimum atomic E-state index is 0. The second-order valence-corrected chi connectivity index (χ2v) is 5.61.